The molecule has 20 heavy (non-hydrogen) atoms. The molecule has 0 aliphatic carbocycles. The predicted molar refractivity (Wildman–Crippen MR) is 79.7 cm³/mol. The quantitative estimate of drug-likeness (QED) is 0.729. The molecule has 1 aromatic carbocycles. The Morgan fingerprint density at radius 2 is 2.15 bits per heavy atom. The van der Waals surface area contributed by atoms with Crippen LogP contribution in [0.15, 0.2) is 41.9 Å². The van der Waals surface area contributed by atoms with Gasteiger partial charge in [0.1, 0.15) is 6.61 Å². The van der Waals surface area contributed by atoms with Crippen LogP contribution in [-0.4, -0.2) is 30.6 Å². The van der Waals surface area contributed by atoms with E-state index in [2.05, 4.69) is 27.8 Å². The van der Waals surface area contributed by atoms with Gasteiger partial charge in [-0.15, -0.1) is 11.3 Å². The van der Waals surface area contributed by atoms with Crippen molar-refractivity contribution in [1.82, 2.24) is 10.3 Å². The number of aromatic nitrogens is 1. The first-order valence-corrected chi connectivity index (χ1v) is 7.24. The number of carbonyl (C=O) groups is 1. The number of rotatable bonds is 8. The van der Waals surface area contributed by atoms with Gasteiger partial charge in [0.15, 0.2) is 5.13 Å². The van der Waals surface area contributed by atoms with Gasteiger partial charge in [0.2, 0.25) is 0 Å². The number of hydrogen-bond donors (Lipinski definition) is 2. The molecule has 0 saturated heterocycles. The van der Waals surface area contributed by atoms with E-state index in [4.69, 9.17) is 4.74 Å². The monoisotopic (exact) mass is 291 g/mol. The highest BCUT2D eigenvalue weighted by atomic mass is 32.1. The van der Waals surface area contributed by atoms with Gasteiger partial charge in [0.25, 0.3) is 5.91 Å². The predicted octanol–water partition coefficient (Wildman–Crippen LogP) is 1.89. The van der Waals surface area contributed by atoms with Crippen LogP contribution in [0.4, 0.5) is 5.13 Å². The van der Waals surface area contributed by atoms with E-state index in [0.717, 1.165) is 6.54 Å². The molecule has 2 aromatic rings. The number of anilines is 1. The van der Waals surface area contributed by atoms with Crippen molar-refractivity contribution in [1.29, 1.82) is 0 Å². The van der Waals surface area contributed by atoms with Crippen molar-refractivity contribution in [2.75, 3.05) is 25.1 Å². The Balaban J connectivity index is 1.50. The fourth-order valence-corrected chi connectivity index (χ4v) is 2.12. The first-order valence-electron chi connectivity index (χ1n) is 6.36. The van der Waals surface area contributed by atoms with Crippen molar-refractivity contribution >= 4 is 22.4 Å². The van der Waals surface area contributed by atoms with Crippen LogP contribution < -0.4 is 10.6 Å². The molecule has 0 saturated carbocycles. The first kappa shape index (κ1) is 14.6. The number of nitrogens with one attached hydrogen (secondary N) is 2. The molecule has 106 valence electrons. The lowest BCUT2D eigenvalue weighted by Gasteiger charge is -2.06. The zero-order valence-corrected chi connectivity index (χ0v) is 11.9. The zero-order valence-electron chi connectivity index (χ0n) is 11.0. The van der Waals surface area contributed by atoms with Gasteiger partial charge in [-0.3, -0.25) is 10.1 Å². The van der Waals surface area contributed by atoms with Gasteiger partial charge >= 0.3 is 0 Å². The molecule has 0 radical (unpaired) electrons. The average molecular weight is 291 g/mol. The van der Waals surface area contributed by atoms with E-state index in [1.807, 2.05) is 23.6 Å². The van der Waals surface area contributed by atoms with Crippen molar-refractivity contribution in [3.05, 3.63) is 47.5 Å². The van der Waals surface area contributed by atoms with Crippen LogP contribution in [0.1, 0.15) is 5.56 Å². The second-order valence-electron chi connectivity index (χ2n) is 4.10. The van der Waals surface area contributed by atoms with E-state index in [1.165, 1.54) is 16.9 Å². The number of hydrogen-bond acceptors (Lipinski definition) is 5. The normalized spacial score (nSPS) is 10.4. The summed E-state index contributed by atoms with van der Waals surface area (Å²) in [4.78, 5) is 15.4. The van der Waals surface area contributed by atoms with Crippen LogP contribution in [0, 0.1) is 0 Å². The van der Waals surface area contributed by atoms with Gasteiger partial charge in [0.05, 0.1) is 6.61 Å². The van der Waals surface area contributed by atoms with Crippen molar-refractivity contribution in [2.45, 2.75) is 6.54 Å². The zero-order chi connectivity index (χ0) is 14.0. The minimum atomic E-state index is -0.178. The molecular weight excluding hydrogens is 274 g/mol. The maximum Gasteiger partial charge on any atom is 0.252 e. The minimum Gasteiger partial charge on any atom is -0.370 e. The molecule has 0 atom stereocenters. The third-order valence-electron chi connectivity index (χ3n) is 2.51. The van der Waals surface area contributed by atoms with Gasteiger partial charge in [-0.25, -0.2) is 4.98 Å². The Kier molecular flexibility index (Phi) is 6.16. The molecule has 2 rings (SSSR count). The third-order valence-corrected chi connectivity index (χ3v) is 3.20. The summed E-state index contributed by atoms with van der Waals surface area (Å²) in [7, 11) is 0. The number of benzene rings is 1. The SMILES string of the molecule is O=C(COCCNCc1ccccc1)Nc1nccs1. The molecule has 0 bridgehead atoms. The van der Waals surface area contributed by atoms with E-state index >= 15 is 0 Å². The maximum atomic E-state index is 11.5. The Morgan fingerprint density at radius 1 is 1.30 bits per heavy atom. The summed E-state index contributed by atoms with van der Waals surface area (Å²) in [5.41, 5.74) is 1.23. The van der Waals surface area contributed by atoms with Gasteiger partial charge < -0.3 is 10.1 Å². The van der Waals surface area contributed by atoms with Crippen LogP contribution in [0.2, 0.25) is 0 Å². The molecule has 6 heteroatoms. The standard InChI is InChI=1S/C14H17N3O2S/c18-13(17-14-16-7-9-20-14)11-19-8-6-15-10-12-4-2-1-3-5-12/h1-5,7,9,15H,6,8,10-11H2,(H,16,17,18). The summed E-state index contributed by atoms with van der Waals surface area (Å²) < 4.78 is 5.28. The largest absolute Gasteiger partial charge is 0.370 e. The van der Waals surface area contributed by atoms with Gasteiger partial charge in [-0.05, 0) is 5.56 Å². The van der Waals surface area contributed by atoms with Gasteiger partial charge in [0, 0.05) is 24.7 Å². The van der Waals surface area contributed by atoms with Crippen LogP contribution in [0.25, 0.3) is 0 Å². The lowest BCUT2D eigenvalue weighted by Crippen LogP contribution is -2.23. The molecule has 1 aromatic heterocycles. The first-order chi connectivity index (χ1) is 9.84. The summed E-state index contributed by atoms with van der Waals surface area (Å²) in [5, 5.41) is 8.32. The van der Waals surface area contributed by atoms with E-state index < -0.39 is 0 Å². The summed E-state index contributed by atoms with van der Waals surface area (Å²) in [5.74, 6) is -0.178. The lowest BCUT2D eigenvalue weighted by molar-refractivity contribution is -0.120. The van der Waals surface area contributed by atoms with E-state index in [1.54, 1.807) is 6.20 Å². The van der Waals surface area contributed by atoms with Gasteiger partial charge in [-0.2, -0.15) is 0 Å². The fourth-order valence-electron chi connectivity index (χ4n) is 1.58. The Morgan fingerprint density at radius 3 is 2.90 bits per heavy atom. The van der Waals surface area contributed by atoms with Crippen LogP contribution in [0.5, 0.6) is 0 Å². The van der Waals surface area contributed by atoms with Gasteiger partial charge in [-0.1, -0.05) is 30.3 Å². The summed E-state index contributed by atoms with van der Waals surface area (Å²) in [6.07, 6.45) is 1.65. The van der Waals surface area contributed by atoms with Crippen molar-refractivity contribution in [3.8, 4) is 0 Å². The van der Waals surface area contributed by atoms with E-state index in [0.29, 0.717) is 18.3 Å². The fraction of sp³-hybridized carbons (Fsp3) is 0.286. The summed E-state index contributed by atoms with van der Waals surface area (Å²) in [6, 6.07) is 10.1. The smallest absolute Gasteiger partial charge is 0.252 e. The number of ether oxygens (including phenoxy) is 1. The minimum absolute atomic E-state index is 0.0482. The molecule has 0 spiro atoms. The highest BCUT2D eigenvalue weighted by molar-refractivity contribution is 7.13. The average Bonchev–Trinajstić information content (AvgIpc) is 2.96. The van der Waals surface area contributed by atoms with E-state index in [9.17, 15) is 4.79 Å². The Bertz CT molecular complexity index is 502. The van der Waals surface area contributed by atoms with Crippen LogP contribution >= 0.6 is 11.3 Å². The topological polar surface area (TPSA) is 63.2 Å². The summed E-state index contributed by atoms with van der Waals surface area (Å²) in [6.45, 7) is 2.06. The molecule has 1 amide bonds. The molecule has 0 fully saturated rings. The number of thiazole rings is 1. The Hall–Kier alpha value is -1.76. The molecule has 0 aliphatic rings. The molecule has 0 aliphatic heterocycles. The third kappa shape index (κ3) is 5.48. The summed E-state index contributed by atoms with van der Waals surface area (Å²) >= 11 is 1.39. The number of amides is 1. The van der Waals surface area contributed by atoms with Crippen molar-refractivity contribution in [2.24, 2.45) is 0 Å². The van der Waals surface area contributed by atoms with Crippen molar-refractivity contribution in [3.63, 3.8) is 0 Å². The second kappa shape index (κ2) is 8.42. The van der Waals surface area contributed by atoms with Crippen LogP contribution in [-0.2, 0) is 16.1 Å². The molecule has 1 heterocycles. The maximum absolute atomic E-state index is 11.5. The number of carbonyl (C=O) groups excluding carboxylic acids is 1. The van der Waals surface area contributed by atoms with E-state index in [-0.39, 0.29) is 12.5 Å². The number of nitrogens with zero attached hydrogens (tertiary/aromatic N) is 1. The molecule has 0 unspecified atom stereocenters. The Labute approximate surface area is 122 Å². The lowest BCUT2D eigenvalue weighted by atomic mass is 10.2. The second-order valence-corrected chi connectivity index (χ2v) is 4.99. The highest BCUT2D eigenvalue weighted by Crippen LogP contribution is 2.09. The van der Waals surface area contributed by atoms with Crippen LogP contribution in [0.3, 0.4) is 0 Å². The highest BCUT2D eigenvalue weighted by Gasteiger charge is 2.03. The molecule has 5 nitrogen and oxygen atoms in total. The molecule has 2 N–H and O–H groups in total. The molecular formula is C14H17N3O2S. The van der Waals surface area contributed by atoms with Crippen molar-refractivity contribution < 1.29 is 9.53 Å².